The zero-order chi connectivity index (χ0) is 24.8. The van der Waals surface area contributed by atoms with Gasteiger partial charge in [-0.1, -0.05) is 20.8 Å². The molecule has 1 aliphatic rings. The first kappa shape index (κ1) is 27.3. The van der Waals surface area contributed by atoms with Crippen molar-refractivity contribution in [3.8, 4) is 0 Å². The third kappa shape index (κ3) is 8.08. The molecule has 0 aromatic heterocycles. The van der Waals surface area contributed by atoms with E-state index in [4.69, 9.17) is 0 Å². The van der Waals surface area contributed by atoms with E-state index in [1.54, 1.807) is 17.0 Å². The number of piperidine rings is 1. The molecule has 9 heteroatoms. The molecular formula is C24H40N4O4S. The summed E-state index contributed by atoms with van der Waals surface area (Å²) in [4.78, 5) is 29.5. The van der Waals surface area contributed by atoms with Crippen molar-refractivity contribution in [3.05, 3.63) is 29.8 Å². The maximum Gasteiger partial charge on any atom is 0.253 e. The average Bonchev–Trinajstić information content (AvgIpc) is 2.76. The summed E-state index contributed by atoms with van der Waals surface area (Å²) in [5.74, 6) is -0.180. The lowest BCUT2D eigenvalue weighted by Crippen LogP contribution is -2.46. The Kier molecular flexibility index (Phi) is 9.46. The highest BCUT2D eigenvalue weighted by Crippen LogP contribution is 2.21. The van der Waals surface area contributed by atoms with E-state index in [-0.39, 0.29) is 34.1 Å². The molecule has 2 amide bonds. The van der Waals surface area contributed by atoms with Crippen molar-refractivity contribution in [1.29, 1.82) is 0 Å². The third-order valence-corrected chi connectivity index (χ3v) is 7.62. The van der Waals surface area contributed by atoms with Crippen molar-refractivity contribution in [3.63, 3.8) is 0 Å². The number of hydrogen-bond donors (Lipinski definition) is 2. The van der Waals surface area contributed by atoms with Crippen molar-refractivity contribution in [2.24, 2.45) is 11.3 Å². The maximum atomic E-state index is 12.9. The molecule has 1 saturated heterocycles. The second-order valence-corrected chi connectivity index (χ2v) is 11.9. The molecule has 0 radical (unpaired) electrons. The molecule has 8 nitrogen and oxygen atoms in total. The van der Waals surface area contributed by atoms with Crippen LogP contribution in [0.3, 0.4) is 0 Å². The molecule has 186 valence electrons. The molecule has 0 aliphatic carbocycles. The van der Waals surface area contributed by atoms with Gasteiger partial charge in [-0.15, -0.1) is 0 Å². The van der Waals surface area contributed by atoms with Crippen LogP contribution in [0.25, 0.3) is 0 Å². The SMILES string of the molecule is CCC(C)NS(=O)(=O)c1ccc(C(=O)N2CCC(C(=O)NCC(C)(C)CN(C)C)CC2)cc1. The van der Waals surface area contributed by atoms with Gasteiger partial charge in [0, 0.05) is 43.7 Å². The molecule has 1 atom stereocenters. The summed E-state index contributed by atoms with van der Waals surface area (Å²) in [5, 5.41) is 3.08. The van der Waals surface area contributed by atoms with Crippen LogP contribution >= 0.6 is 0 Å². The minimum absolute atomic E-state index is 0.0143. The summed E-state index contributed by atoms with van der Waals surface area (Å²) >= 11 is 0. The molecule has 2 rings (SSSR count). The second kappa shape index (κ2) is 11.4. The Morgan fingerprint density at radius 1 is 1.15 bits per heavy atom. The maximum absolute atomic E-state index is 12.9. The summed E-state index contributed by atoms with van der Waals surface area (Å²) < 4.78 is 27.4. The van der Waals surface area contributed by atoms with Crippen molar-refractivity contribution < 1.29 is 18.0 Å². The van der Waals surface area contributed by atoms with Gasteiger partial charge in [-0.2, -0.15) is 0 Å². The smallest absolute Gasteiger partial charge is 0.253 e. The standard InChI is InChI=1S/C24H40N4O4S/c1-7-18(2)26-33(31,32)21-10-8-20(9-11-21)23(30)28-14-12-19(13-15-28)22(29)25-16-24(3,4)17-27(5)6/h8-11,18-19,26H,7,12-17H2,1-6H3,(H,25,29). The van der Waals surface area contributed by atoms with Gasteiger partial charge in [-0.3, -0.25) is 9.59 Å². The van der Waals surface area contributed by atoms with Crippen molar-refractivity contribution in [2.75, 3.05) is 40.3 Å². The molecule has 1 heterocycles. The summed E-state index contributed by atoms with van der Waals surface area (Å²) in [6.45, 7) is 10.5. The van der Waals surface area contributed by atoms with Crippen LogP contribution in [-0.4, -0.2) is 76.3 Å². The van der Waals surface area contributed by atoms with Crippen LogP contribution in [-0.2, 0) is 14.8 Å². The summed E-state index contributed by atoms with van der Waals surface area (Å²) in [6, 6.07) is 5.88. The second-order valence-electron chi connectivity index (χ2n) is 10.1. The fraction of sp³-hybridized carbons (Fsp3) is 0.667. The van der Waals surface area contributed by atoms with E-state index in [1.807, 2.05) is 27.9 Å². The number of hydrogen-bond acceptors (Lipinski definition) is 5. The lowest BCUT2D eigenvalue weighted by atomic mass is 9.91. The van der Waals surface area contributed by atoms with Crippen LogP contribution < -0.4 is 10.0 Å². The van der Waals surface area contributed by atoms with E-state index in [0.29, 0.717) is 44.5 Å². The predicted molar refractivity (Wildman–Crippen MR) is 130 cm³/mol. The molecule has 0 saturated carbocycles. The number of sulfonamides is 1. The van der Waals surface area contributed by atoms with Gasteiger partial charge in [0.05, 0.1) is 4.90 Å². The van der Waals surface area contributed by atoms with Crippen LogP contribution in [0.4, 0.5) is 0 Å². The van der Waals surface area contributed by atoms with Crippen molar-refractivity contribution >= 4 is 21.8 Å². The Morgan fingerprint density at radius 2 is 1.73 bits per heavy atom. The number of nitrogens with zero attached hydrogens (tertiary/aromatic N) is 2. The van der Waals surface area contributed by atoms with Crippen LogP contribution in [0.2, 0.25) is 0 Å². The molecule has 33 heavy (non-hydrogen) atoms. The number of rotatable bonds is 10. The van der Waals surface area contributed by atoms with Gasteiger partial charge >= 0.3 is 0 Å². The molecule has 1 unspecified atom stereocenters. The lowest BCUT2D eigenvalue weighted by Gasteiger charge is -2.33. The Hall–Kier alpha value is -1.97. The van der Waals surface area contributed by atoms with Gasteiger partial charge in [0.15, 0.2) is 0 Å². The summed E-state index contributed by atoms with van der Waals surface area (Å²) in [6.07, 6.45) is 1.94. The highest BCUT2D eigenvalue weighted by atomic mass is 32.2. The monoisotopic (exact) mass is 480 g/mol. The first-order chi connectivity index (χ1) is 15.3. The van der Waals surface area contributed by atoms with Gasteiger partial charge in [-0.25, -0.2) is 13.1 Å². The average molecular weight is 481 g/mol. The number of carbonyl (C=O) groups is 2. The van der Waals surface area contributed by atoms with E-state index in [9.17, 15) is 18.0 Å². The minimum Gasteiger partial charge on any atom is -0.355 e. The topological polar surface area (TPSA) is 98.8 Å². The summed E-state index contributed by atoms with van der Waals surface area (Å²) in [5.41, 5.74) is 0.436. The van der Waals surface area contributed by atoms with Gasteiger partial charge < -0.3 is 15.1 Å². The molecule has 0 spiro atoms. The van der Waals surface area contributed by atoms with Crippen LogP contribution in [0.1, 0.15) is 57.3 Å². The summed E-state index contributed by atoms with van der Waals surface area (Å²) in [7, 11) is 0.440. The first-order valence-corrected chi connectivity index (χ1v) is 13.2. The Morgan fingerprint density at radius 3 is 2.24 bits per heavy atom. The van der Waals surface area contributed by atoms with Gasteiger partial charge in [0.2, 0.25) is 15.9 Å². The molecule has 1 aliphatic heterocycles. The number of nitrogens with one attached hydrogen (secondary N) is 2. The highest BCUT2D eigenvalue weighted by molar-refractivity contribution is 7.89. The Balaban J connectivity index is 1.89. The lowest BCUT2D eigenvalue weighted by molar-refractivity contribution is -0.126. The van der Waals surface area contributed by atoms with Crippen molar-refractivity contribution in [2.45, 2.75) is 57.9 Å². The van der Waals surface area contributed by atoms with Crippen LogP contribution in [0.5, 0.6) is 0 Å². The normalized spacial score (nSPS) is 16.6. The molecule has 2 N–H and O–H groups in total. The quantitative estimate of drug-likeness (QED) is 0.536. The van der Waals surface area contributed by atoms with Crippen molar-refractivity contribution in [1.82, 2.24) is 19.8 Å². The van der Waals surface area contributed by atoms with E-state index in [1.165, 1.54) is 12.1 Å². The van der Waals surface area contributed by atoms with Gasteiger partial charge in [0.25, 0.3) is 5.91 Å². The van der Waals surface area contributed by atoms with E-state index in [2.05, 4.69) is 28.8 Å². The molecule has 1 aromatic rings. The number of amides is 2. The van der Waals surface area contributed by atoms with Crippen LogP contribution in [0, 0.1) is 11.3 Å². The predicted octanol–water partition coefficient (Wildman–Crippen LogP) is 2.32. The largest absolute Gasteiger partial charge is 0.355 e. The number of benzene rings is 1. The fourth-order valence-corrected chi connectivity index (χ4v) is 5.43. The minimum atomic E-state index is -3.60. The molecular weight excluding hydrogens is 440 g/mol. The molecule has 1 aromatic carbocycles. The van der Waals surface area contributed by atoms with E-state index in [0.717, 1.165) is 6.54 Å². The molecule has 0 bridgehead atoms. The van der Waals surface area contributed by atoms with Gasteiger partial charge in [0.1, 0.15) is 0 Å². The van der Waals surface area contributed by atoms with E-state index >= 15 is 0 Å². The third-order valence-electron chi connectivity index (χ3n) is 6.02. The highest BCUT2D eigenvalue weighted by Gasteiger charge is 2.29. The zero-order valence-electron chi connectivity index (χ0n) is 20.8. The number of likely N-dealkylation sites (tertiary alicyclic amines) is 1. The number of carbonyl (C=O) groups excluding carboxylic acids is 2. The zero-order valence-corrected chi connectivity index (χ0v) is 21.7. The fourth-order valence-electron chi connectivity index (χ4n) is 4.10. The van der Waals surface area contributed by atoms with Gasteiger partial charge in [-0.05, 0) is 70.0 Å². The first-order valence-electron chi connectivity index (χ1n) is 11.7. The Bertz CT molecular complexity index is 905. The van der Waals surface area contributed by atoms with E-state index < -0.39 is 10.0 Å². The van der Waals surface area contributed by atoms with Crippen LogP contribution in [0.15, 0.2) is 29.2 Å². The molecule has 1 fully saturated rings. The Labute approximate surface area is 199 Å².